The maximum atomic E-state index is 12.1. The first-order valence-corrected chi connectivity index (χ1v) is 8.12. The van der Waals surface area contributed by atoms with Crippen molar-refractivity contribution >= 4 is 5.91 Å². The normalized spacial score (nSPS) is 16.6. The first kappa shape index (κ1) is 15.7. The molecule has 7 heteroatoms. The van der Waals surface area contributed by atoms with Gasteiger partial charge < -0.3 is 10.2 Å². The van der Waals surface area contributed by atoms with Crippen LogP contribution in [0.4, 0.5) is 0 Å². The van der Waals surface area contributed by atoms with Crippen molar-refractivity contribution in [2.75, 3.05) is 19.6 Å². The van der Waals surface area contributed by atoms with Crippen LogP contribution < -0.4 is 5.32 Å². The molecule has 0 aliphatic carbocycles. The molecule has 2 aromatic rings. The third-order valence-corrected chi connectivity index (χ3v) is 4.28. The summed E-state index contributed by atoms with van der Waals surface area (Å²) in [6.45, 7) is 5.99. The molecule has 7 nitrogen and oxygen atoms in total. The number of aromatic nitrogens is 4. The highest BCUT2D eigenvalue weighted by Crippen LogP contribution is 2.11. The van der Waals surface area contributed by atoms with Gasteiger partial charge in [-0.3, -0.25) is 14.2 Å². The van der Waals surface area contributed by atoms with Crippen LogP contribution in [0.1, 0.15) is 28.9 Å². The summed E-state index contributed by atoms with van der Waals surface area (Å²) in [5, 5.41) is 11.5. The van der Waals surface area contributed by atoms with E-state index in [2.05, 4.69) is 33.5 Å². The van der Waals surface area contributed by atoms with Crippen LogP contribution in [0.2, 0.25) is 0 Å². The molecule has 0 bridgehead atoms. The van der Waals surface area contributed by atoms with Gasteiger partial charge in [-0.2, -0.15) is 10.2 Å². The number of hydrogen-bond acceptors (Lipinski definition) is 4. The summed E-state index contributed by atoms with van der Waals surface area (Å²) in [4.78, 5) is 14.5. The molecule has 1 amide bonds. The van der Waals surface area contributed by atoms with Crippen LogP contribution in [-0.2, 0) is 13.6 Å². The Morgan fingerprint density at radius 1 is 1.35 bits per heavy atom. The fourth-order valence-electron chi connectivity index (χ4n) is 2.93. The lowest BCUT2D eigenvalue weighted by atomic mass is 10.0. The van der Waals surface area contributed by atoms with Crippen LogP contribution in [0.25, 0.3) is 0 Å². The van der Waals surface area contributed by atoms with Gasteiger partial charge in [-0.25, -0.2) is 0 Å². The van der Waals surface area contributed by atoms with E-state index in [-0.39, 0.29) is 11.9 Å². The molecule has 0 aromatic carbocycles. The quantitative estimate of drug-likeness (QED) is 0.887. The standard InChI is InChI=1S/C16H24N6O/c1-13-11-17-22(12-13)10-9-21-7-3-14(4-8-21)18-16(23)15-5-6-20(2)19-15/h5-6,11-12,14H,3-4,7-10H2,1-2H3,(H,18,23). The summed E-state index contributed by atoms with van der Waals surface area (Å²) in [5.41, 5.74) is 1.69. The van der Waals surface area contributed by atoms with Gasteiger partial charge in [-0.15, -0.1) is 0 Å². The molecular weight excluding hydrogens is 292 g/mol. The largest absolute Gasteiger partial charge is 0.348 e. The zero-order valence-corrected chi connectivity index (χ0v) is 13.8. The summed E-state index contributed by atoms with van der Waals surface area (Å²) < 4.78 is 3.64. The van der Waals surface area contributed by atoms with E-state index >= 15 is 0 Å². The molecule has 1 fully saturated rings. The second-order valence-electron chi connectivity index (χ2n) is 6.24. The molecule has 124 valence electrons. The molecule has 1 aliphatic heterocycles. The van der Waals surface area contributed by atoms with Crippen LogP contribution in [0.3, 0.4) is 0 Å². The Balaban J connectivity index is 1.40. The molecular formula is C16H24N6O. The molecule has 3 rings (SSSR count). The van der Waals surface area contributed by atoms with E-state index in [1.54, 1.807) is 16.9 Å². The minimum atomic E-state index is -0.0731. The van der Waals surface area contributed by atoms with Gasteiger partial charge >= 0.3 is 0 Å². The molecule has 1 aliphatic rings. The lowest BCUT2D eigenvalue weighted by molar-refractivity contribution is 0.0904. The molecule has 1 N–H and O–H groups in total. The fraction of sp³-hybridized carbons (Fsp3) is 0.562. The number of nitrogens with zero attached hydrogens (tertiary/aromatic N) is 5. The van der Waals surface area contributed by atoms with Gasteiger partial charge in [-0.1, -0.05) is 0 Å². The van der Waals surface area contributed by atoms with Crippen molar-refractivity contribution < 1.29 is 4.79 Å². The van der Waals surface area contributed by atoms with E-state index < -0.39 is 0 Å². The van der Waals surface area contributed by atoms with E-state index in [1.807, 2.05) is 17.9 Å². The first-order valence-electron chi connectivity index (χ1n) is 8.12. The Kier molecular flexibility index (Phi) is 4.76. The summed E-state index contributed by atoms with van der Waals surface area (Å²) in [6.07, 6.45) is 7.71. The number of hydrogen-bond donors (Lipinski definition) is 1. The molecule has 0 spiro atoms. The first-order chi connectivity index (χ1) is 11.1. The van der Waals surface area contributed by atoms with E-state index in [0.717, 1.165) is 39.0 Å². The predicted octanol–water partition coefficient (Wildman–Crippen LogP) is 0.819. The van der Waals surface area contributed by atoms with Gasteiger partial charge in [0, 0.05) is 45.1 Å². The van der Waals surface area contributed by atoms with Crippen molar-refractivity contribution in [3.05, 3.63) is 35.9 Å². The second kappa shape index (κ2) is 6.95. The van der Waals surface area contributed by atoms with Crippen molar-refractivity contribution in [2.45, 2.75) is 32.4 Å². The number of amides is 1. The Labute approximate surface area is 136 Å². The average molecular weight is 316 g/mol. The van der Waals surface area contributed by atoms with Crippen molar-refractivity contribution in [1.29, 1.82) is 0 Å². The number of nitrogens with one attached hydrogen (secondary N) is 1. The minimum Gasteiger partial charge on any atom is -0.348 e. The van der Waals surface area contributed by atoms with Crippen molar-refractivity contribution in [2.24, 2.45) is 7.05 Å². The summed E-state index contributed by atoms with van der Waals surface area (Å²) in [5.74, 6) is -0.0731. The van der Waals surface area contributed by atoms with Crippen LogP contribution in [0.5, 0.6) is 0 Å². The summed E-state index contributed by atoms with van der Waals surface area (Å²) in [6, 6.07) is 1.99. The molecule has 23 heavy (non-hydrogen) atoms. The Hall–Kier alpha value is -2.15. The van der Waals surface area contributed by atoms with Gasteiger partial charge in [0.25, 0.3) is 5.91 Å². The topological polar surface area (TPSA) is 68.0 Å². The highest BCUT2D eigenvalue weighted by atomic mass is 16.2. The SMILES string of the molecule is Cc1cnn(CCN2CCC(NC(=O)c3ccn(C)n3)CC2)c1. The van der Waals surface area contributed by atoms with Crippen molar-refractivity contribution in [3.8, 4) is 0 Å². The maximum Gasteiger partial charge on any atom is 0.271 e. The summed E-state index contributed by atoms with van der Waals surface area (Å²) >= 11 is 0. The minimum absolute atomic E-state index is 0.0731. The Morgan fingerprint density at radius 3 is 2.74 bits per heavy atom. The van der Waals surface area contributed by atoms with Crippen LogP contribution >= 0.6 is 0 Å². The number of carbonyl (C=O) groups is 1. The van der Waals surface area contributed by atoms with Crippen molar-refractivity contribution in [3.63, 3.8) is 0 Å². The van der Waals surface area contributed by atoms with E-state index in [9.17, 15) is 4.79 Å². The van der Waals surface area contributed by atoms with E-state index in [0.29, 0.717) is 5.69 Å². The fourth-order valence-corrected chi connectivity index (χ4v) is 2.93. The van der Waals surface area contributed by atoms with Crippen LogP contribution in [0, 0.1) is 6.92 Å². The molecule has 0 radical (unpaired) electrons. The van der Waals surface area contributed by atoms with Crippen LogP contribution in [0.15, 0.2) is 24.7 Å². The highest BCUT2D eigenvalue weighted by Gasteiger charge is 2.21. The number of rotatable bonds is 5. The molecule has 0 saturated carbocycles. The predicted molar refractivity (Wildman–Crippen MR) is 87.1 cm³/mol. The average Bonchev–Trinajstić information content (AvgIpc) is 3.15. The molecule has 2 aromatic heterocycles. The Bertz CT molecular complexity index is 653. The number of carbonyl (C=O) groups excluding carboxylic acids is 1. The highest BCUT2D eigenvalue weighted by molar-refractivity contribution is 5.92. The number of aryl methyl sites for hydroxylation is 2. The zero-order chi connectivity index (χ0) is 16.2. The molecule has 0 atom stereocenters. The van der Waals surface area contributed by atoms with Gasteiger partial charge in [0.1, 0.15) is 5.69 Å². The van der Waals surface area contributed by atoms with Gasteiger partial charge in [0.05, 0.1) is 12.7 Å². The van der Waals surface area contributed by atoms with Gasteiger partial charge in [-0.05, 0) is 31.4 Å². The number of likely N-dealkylation sites (tertiary alicyclic amines) is 1. The van der Waals surface area contributed by atoms with Gasteiger partial charge in [0.15, 0.2) is 0 Å². The molecule has 0 unspecified atom stereocenters. The molecule has 3 heterocycles. The van der Waals surface area contributed by atoms with Crippen molar-refractivity contribution in [1.82, 2.24) is 29.8 Å². The maximum absolute atomic E-state index is 12.1. The monoisotopic (exact) mass is 316 g/mol. The lowest BCUT2D eigenvalue weighted by Gasteiger charge is -2.32. The molecule has 1 saturated heterocycles. The van der Waals surface area contributed by atoms with E-state index in [1.165, 1.54) is 5.56 Å². The van der Waals surface area contributed by atoms with Crippen LogP contribution in [-0.4, -0.2) is 56.0 Å². The van der Waals surface area contributed by atoms with E-state index in [4.69, 9.17) is 0 Å². The lowest BCUT2D eigenvalue weighted by Crippen LogP contribution is -2.45. The zero-order valence-electron chi connectivity index (χ0n) is 13.8. The number of piperidine rings is 1. The Morgan fingerprint density at radius 2 is 2.13 bits per heavy atom. The third kappa shape index (κ3) is 4.19. The smallest absolute Gasteiger partial charge is 0.271 e. The summed E-state index contributed by atoms with van der Waals surface area (Å²) in [7, 11) is 1.82. The third-order valence-electron chi connectivity index (χ3n) is 4.28. The van der Waals surface area contributed by atoms with Gasteiger partial charge in [0.2, 0.25) is 0 Å². The second-order valence-corrected chi connectivity index (χ2v) is 6.24.